The number of carbonyl (C=O) groups is 1. The van der Waals surface area contributed by atoms with E-state index in [1.54, 1.807) is 0 Å². The highest BCUT2D eigenvalue weighted by Crippen LogP contribution is 2.20. The van der Waals surface area contributed by atoms with Gasteiger partial charge in [-0.1, -0.05) is 18.9 Å². The van der Waals surface area contributed by atoms with Gasteiger partial charge in [0.15, 0.2) is 11.6 Å². The molecule has 7 nitrogen and oxygen atoms in total. The lowest BCUT2D eigenvalue weighted by Gasteiger charge is -2.35. The Morgan fingerprint density at radius 1 is 0.767 bits per heavy atom. The summed E-state index contributed by atoms with van der Waals surface area (Å²) >= 11 is 0. The second-order valence-corrected chi connectivity index (χ2v) is 8.19. The zero-order valence-corrected chi connectivity index (χ0v) is 17.3. The highest BCUT2D eigenvalue weighted by Gasteiger charge is 2.24. The molecule has 5 rings (SSSR count). The van der Waals surface area contributed by atoms with Crippen molar-refractivity contribution in [3.05, 3.63) is 54.4 Å². The average molecular weight is 405 g/mol. The van der Waals surface area contributed by atoms with Crippen molar-refractivity contribution in [3.63, 3.8) is 0 Å². The molecule has 0 spiro atoms. The van der Waals surface area contributed by atoms with Crippen LogP contribution in [-0.4, -0.2) is 64.7 Å². The topological polar surface area (TPSA) is 57.0 Å². The molecular weight excluding hydrogens is 376 g/mol. The number of hydrogen-bond donors (Lipinski definition) is 0. The van der Waals surface area contributed by atoms with Crippen LogP contribution in [0.2, 0.25) is 0 Å². The number of carbonyl (C=O) groups excluding carboxylic acids is 1. The fourth-order valence-corrected chi connectivity index (χ4v) is 4.45. The van der Waals surface area contributed by atoms with Gasteiger partial charge in [0, 0.05) is 57.2 Å². The maximum absolute atomic E-state index is 12.9. The fraction of sp³-hybridized carbons (Fsp3) is 0.435. The lowest BCUT2D eigenvalue weighted by molar-refractivity contribution is 0.0746. The Labute approximate surface area is 176 Å². The lowest BCUT2D eigenvalue weighted by atomic mass is 10.2. The minimum absolute atomic E-state index is 0.0981. The van der Waals surface area contributed by atoms with Gasteiger partial charge in [-0.3, -0.25) is 4.79 Å². The molecule has 0 saturated carbocycles. The van der Waals surface area contributed by atoms with Gasteiger partial charge in [-0.2, -0.15) is 0 Å². The third kappa shape index (κ3) is 3.84. The van der Waals surface area contributed by atoms with E-state index in [2.05, 4.69) is 32.1 Å². The summed E-state index contributed by atoms with van der Waals surface area (Å²) in [7, 11) is 0. The Bertz CT molecular complexity index is 965. The van der Waals surface area contributed by atoms with Crippen LogP contribution in [-0.2, 0) is 0 Å². The van der Waals surface area contributed by atoms with Crippen molar-refractivity contribution in [2.75, 3.05) is 49.1 Å². The highest BCUT2D eigenvalue weighted by molar-refractivity contribution is 5.95. The zero-order valence-electron chi connectivity index (χ0n) is 17.3. The van der Waals surface area contributed by atoms with E-state index in [1.165, 1.54) is 25.7 Å². The lowest BCUT2D eigenvalue weighted by Crippen LogP contribution is -2.49. The summed E-state index contributed by atoms with van der Waals surface area (Å²) in [6.07, 6.45) is 8.97. The molecule has 2 aliphatic heterocycles. The fourth-order valence-electron chi connectivity index (χ4n) is 4.45. The summed E-state index contributed by atoms with van der Waals surface area (Å²) in [5.74, 6) is 1.98. The van der Waals surface area contributed by atoms with Gasteiger partial charge in [0.25, 0.3) is 5.91 Å². The highest BCUT2D eigenvalue weighted by atomic mass is 16.2. The molecule has 2 fully saturated rings. The maximum atomic E-state index is 12.9. The number of piperazine rings is 1. The first-order valence-electron chi connectivity index (χ1n) is 11.0. The van der Waals surface area contributed by atoms with E-state index in [4.69, 9.17) is 0 Å². The molecule has 0 bridgehead atoms. The van der Waals surface area contributed by atoms with Gasteiger partial charge in [-0.25, -0.2) is 0 Å². The van der Waals surface area contributed by atoms with Crippen LogP contribution in [0.25, 0.3) is 5.52 Å². The molecule has 7 heteroatoms. The van der Waals surface area contributed by atoms with Gasteiger partial charge < -0.3 is 19.1 Å². The summed E-state index contributed by atoms with van der Waals surface area (Å²) in [5.41, 5.74) is 1.79. The van der Waals surface area contributed by atoms with Gasteiger partial charge >= 0.3 is 0 Å². The van der Waals surface area contributed by atoms with Gasteiger partial charge in [0.2, 0.25) is 0 Å². The van der Waals surface area contributed by atoms with Crippen molar-refractivity contribution in [2.24, 2.45) is 0 Å². The molecule has 3 aromatic rings. The zero-order chi connectivity index (χ0) is 20.3. The number of pyridine rings is 1. The number of rotatable bonds is 3. The molecule has 0 aromatic carbocycles. The van der Waals surface area contributed by atoms with Crippen LogP contribution in [0.1, 0.15) is 36.0 Å². The molecule has 5 heterocycles. The van der Waals surface area contributed by atoms with Crippen LogP contribution in [0.5, 0.6) is 0 Å². The first-order valence-corrected chi connectivity index (χ1v) is 11.0. The molecule has 2 aliphatic rings. The molecular formula is C23H28N6O. The van der Waals surface area contributed by atoms with E-state index in [0.29, 0.717) is 13.1 Å². The monoisotopic (exact) mass is 404 g/mol. The summed E-state index contributed by atoms with van der Waals surface area (Å²) < 4.78 is 1.99. The Hall–Kier alpha value is -3.09. The van der Waals surface area contributed by atoms with Crippen molar-refractivity contribution in [2.45, 2.75) is 25.7 Å². The Morgan fingerprint density at radius 3 is 2.07 bits per heavy atom. The average Bonchev–Trinajstić information content (AvgIpc) is 3.05. The first-order chi connectivity index (χ1) is 14.8. The van der Waals surface area contributed by atoms with Crippen LogP contribution in [0.4, 0.5) is 11.6 Å². The number of anilines is 2. The van der Waals surface area contributed by atoms with E-state index in [-0.39, 0.29) is 5.91 Å². The molecule has 3 aromatic heterocycles. The third-order valence-electron chi connectivity index (χ3n) is 6.21. The van der Waals surface area contributed by atoms with Gasteiger partial charge in [0.05, 0.1) is 5.56 Å². The number of nitrogens with zero attached hydrogens (tertiary/aromatic N) is 6. The number of fused-ring (bicyclic) bond motifs is 1. The Morgan fingerprint density at radius 2 is 1.43 bits per heavy atom. The van der Waals surface area contributed by atoms with Crippen LogP contribution in [0.15, 0.2) is 48.8 Å². The van der Waals surface area contributed by atoms with Crippen LogP contribution in [0.3, 0.4) is 0 Å². The van der Waals surface area contributed by atoms with E-state index in [1.807, 2.05) is 46.0 Å². The molecule has 1 amide bonds. The van der Waals surface area contributed by atoms with Gasteiger partial charge in [0.1, 0.15) is 0 Å². The molecule has 2 saturated heterocycles. The quantitative estimate of drug-likeness (QED) is 0.672. The van der Waals surface area contributed by atoms with Crippen LogP contribution >= 0.6 is 0 Å². The van der Waals surface area contributed by atoms with Crippen molar-refractivity contribution in [1.29, 1.82) is 0 Å². The molecule has 0 N–H and O–H groups in total. The first kappa shape index (κ1) is 18.9. The summed E-state index contributed by atoms with van der Waals surface area (Å²) in [4.78, 5) is 19.4. The van der Waals surface area contributed by atoms with E-state index >= 15 is 0 Å². The van der Waals surface area contributed by atoms with Crippen molar-refractivity contribution in [3.8, 4) is 0 Å². The minimum atomic E-state index is 0.0981. The molecule has 30 heavy (non-hydrogen) atoms. The summed E-state index contributed by atoms with van der Waals surface area (Å²) in [6.45, 7) is 5.09. The molecule has 0 radical (unpaired) electrons. The molecule has 156 valence electrons. The van der Waals surface area contributed by atoms with Crippen LogP contribution < -0.4 is 9.80 Å². The standard InChI is InChI=1S/C23H28N6O/c30-23(19-17-20-7-3-6-12-29(20)18-19)28-15-13-27(14-16-28)22-9-8-21(24-25-22)26-10-4-1-2-5-11-26/h3,6-9,12,17-18H,1-2,4-5,10-11,13-16H2. The Balaban J connectivity index is 1.20. The summed E-state index contributed by atoms with van der Waals surface area (Å²) in [6, 6.07) is 12.1. The SMILES string of the molecule is O=C(c1cc2ccccn2c1)N1CCN(c2ccc(N3CCCCCC3)nn2)CC1. The van der Waals surface area contributed by atoms with Crippen molar-refractivity contribution in [1.82, 2.24) is 19.5 Å². The van der Waals surface area contributed by atoms with Crippen molar-refractivity contribution >= 4 is 23.1 Å². The van der Waals surface area contributed by atoms with E-state index in [9.17, 15) is 4.79 Å². The predicted octanol–water partition coefficient (Wildman–Crippen LogP) is 3.07. The third-order valence-corrected chi connectivity index (χ3v) is 6.21. The summed E-state index contributed by atoms with van der Waals surface area (Å²) in [5, 5.41) is 8.99. The number of aromatic nitrogens is 3. The molecule has 0 unspecified atom stereocenters. The normalized spacial score (nSPS) is 17.9. The van der Waals surface area contributed by atoms with E-state index in [0.717, 1.165) is 48.9 Å². The predicted molar refractivity (Wildman–Crippen MR) is 118 cm³/mol. The van der Waals surface area contributed by atoms with Crippen LogP contribution in [0, 0.1) is 0 Å². The van der Waals surface area contributed by atoms with E-state index < -0.39 is 0 Å². The largest absolute Gasteiger partial charge is 0.355 e. The number of hydrogen-bond acceptors (Lipinski definition) is 5. The Kier molecular flexibility index (Phi) is 5.26. The van der Waals surface area contributed by atoms with Gasteiger partial charge in [-0.05, 0) is 43.2 Å². The second-order valence-electron chi connectivity index (χ2n) is 8.19. The van der Waals surface area contributed by atoms with Crippen molar-refractivity contribution < 1.29 is 4.79 Å². The van der Waals surface area contributed by atoms with Gasteiger partial charge in [-0.15, -0.1) is 10.2 Å². The molecule has 0 aliphatic carbocycles. The molecule has 0 atom stereocenters. The number of amides is 1. The smallest absolute Gasteiger partial charge is 0.255 e. The minimum Gasteiger partial charge on any atom is -0.355 e. The second kappa shape index (κ2) is 8.34. The maximum Gasteiger partial charge on any atom is 0.255 e.